The van der Waals surface area contributed by atoms with Crippen molar-refractivity contribution in [2.75, 3.05) is 20.8 Å². The molecular formula is C22H28Cl2N2O3. The molecule has 0 aliphatic carbocycles. The summed E-state index contributed by atoms with van der Waals surface area (Å²) in [4.78, 5) is 4.12. The Morgan fingerprint density at radius 3 is 2.07 bits per heavy atom. The van der Waals surface area contributed by atoms with Crippen molar-refractivity contribution in [3.63, 3.8) is 0 Å². The van der Waals surface area contributed by atoms with E-state index in [0.29, 0.717) is 6.61 Å². The molecule has 0 saturated heterocycles. The zero-order valence-corrected chi connectivity index (χ0v) is 18.3. The number of benzene rings is 2. The number of ether oxygens (including phenoxy) is 3. The molecule has 0 radical (unpaired) electrons. The van der Waals surface area contributed by atoms with Crippen LogP contribution in [0.2, 0.25) is 0 Å². The minimum absolute atomic E-state index is 0. The lowest BCUT2D eigenvalue weighted by molar-refractivity contribution is 0.0390. The van der Waals surface area contributed by atoms with E-state index in [2.05, 4.69) is 29.2 Å². The monoisotopic (exact) mass is 438 g/mol. The Kier molecular flexibility index (Phi) is 11.2. The minimum atomic E-state index is -0.0269. The van der Waals surface area contributed by atoms with Crippen LogP contribution in [-0.4, -0.2) is 30.4 Å². The van der Waals surface area contributed by atoms with Gasteiger partial charge in [-0.2, -0.15) is 0 Å². The molecule has 0 bridgehead atoms. The molecule has 0 saturated carbocycles. The van der Waals surface area contributed by atoms with E-state index in [0.717, 1.165) is 36.4 Å². The molecule has 0 N–H and O–H groups in total. The van der Waals surface area contributed by atoms with Crippen molar-refractivity contribution in [2.45, 2.75) is 25.5 Å². The highest BCUT2D eigenvalue weighted by molar-refractivity contribution is 5.85. The van der Waals surface area contributed by atoms with Crippen LogP contribution in [0.15, 0.2) is 67.3 Å². The van der Waals surface area contributed by atoms with Crippen molar-refractivity contribution in [2.24, 2.45) is 0 Å². The van der Waals surface area contributed by atoms with Gasteiger partial charge in [-0.25, -0.2) is 4.98 Å². The number of methoxy groups -OCH3 is 2. The Morgan fingerprint density at radius 2 is 1.52 bits per heavy atom. The maximum absolute atomic E-state index is 6.23. The Hall–Kier alpha value is -2.21. The molecule has 158 valence electrons. The number of aromatic nitrogens is 2. The first-order valence-electron chi connectivity index (χ1n) is 9.12. The molecule has 0 spiro atoms. The van der Waals surface area contributed by atoms with Crippen LogP contribution in [-0.2, 0) is 17.7 Å². The number of aryl methyl sites for hydroxylation is 1. The van der Waals surface area contributed by atoms with Crippen LogP contribution in [0, 0.1) is 0 Å². The van der Waals surface area contributed by atoms with Crippen molar-refractivity contribution in [3.8, 4) is 11.5 Å². The van der Waals surface area contributed by atoms with Gasteiger partial charge in [-0.15, -0.1) is 24.8 Å². The summed E-state index contributed by atoms with van der Waals surface area (Å²) >= 11 is 0. The third kappa shape index (κ3) is 7.61. The van der Waals surface area contributed by atoms with Gasteiger partial charge in [-0.05, 0) is 48.2 Å². The normalized spacial score (nSPS) is 11.1. The van der Waals surface area contributed by atoms with Gasteiger partial charge in [-0.1, -0.05) is 24.3 Å². The van der Waals surface area contributed by atoms with Gasteiger partial charge in [0.15, 0.2) is 0 Å². The first-order valence-corrected chi connectivity index (χ1v) is 9.12. The summed E-state index contributed by atoms with van der Waals surface area (Å²) in [6.07, 6.45) is 7.47. The van der Waals surface area contributed by atoms with E-state index in [1.54, 1.807) is 20.4 Å². The summed E-state index contributed by atoms with van der Waals surface area (Å²) in [6.45, 7) is 1.42. The molecule has 0 fully saturated rings. The van der Waals surface area contributed by atoms with Crippen molar-refractivity contribution in [3.05, 3.63) is 78.4 Å². The van der Waals surface area contributed by atoms with E-state index in [1.165, 1.54) is 5.56 Å². The molecule has 3 aromatic rings. The molecule has 1 atom stereocenters. The van der Waals surface area contributed by atoms with Gasteiger partial charge >= 0.3 is 0 Å². The summed E-state index contributed by atoms with van der Waals surface area (Å²) in [5, 5.41) is 0. The van der Waals surface area contributed by atoms with Crippen LogP contribution in [0.4, 0.5) is 0 Å². The van der Waals surface area contributed by atoms with E-state index in [9.17, 15) is 0 Å². The van der Waals surface area contributed by atoms with Gasteiger partial charge in [-0.3, -0.25) is 0 Å². The predicted molar refractivity (Wildman–Crippen MR) is 120 cm³/mol. The highest BCUT2D eigenvalue weighted by atomic mass is 35.5. The summed E-state index contributed by atoms with van der Waals surface area (Å²) in [7, 11) is 3.36. The lowest BCUT2D eigenvalue weighted by Gasteiger charge is -2.19. The fourth-order valence-electron chi connectivity index (χ4n) is 2.95. The lowest BCUT2D eigenvalue weighted by Crippen LogP contribution is -2.13. The number of nitrogens with zero attached hydrogens (tertiary/aromatic N) is 2. The average Bonchev–Trinajstić information content (AvgIpc) is 3.24. The van der Waals surface area contributed by atoms with Gasteiger partial charge in [0.05, 0.1) is 27.1 Å². The second kappa shape index (κ2) is 13.1. The highest BCUT2D eigenvalue weighted by Gasteiger charge is 2.13. The van der Waals surface area contributed by atoms with Crippen LogP contribution >= 0.6 is 24.8 Å². The maximum atomic E-state index is 6.23. The topological polar surface area (TPSA) is 45.5 Å². The number of hydrogen-bond acceptors (Lipinski definition) is 4. The summed E-state index contributed by atoms with van der Waals surface area (Å²) in [6, 6.07) is 16.3. The van der Waals surface area contributed by atoms with Gasteiger partial charge in [0.25, 0.3) is 0 Å². The zero-order chi connectivity index (χ0) is 18.9. The molecule has 0 aliphatic rings. The molecule has 29 heavy (non-hydrogen) atoms. The van der Waals surface area contributed by atoms with Crippen molar-refractivity contribution in [1.82, 2.24) is 9.55 Å². The third-order valence-corrected chi connectivity index (χ3v) is 4.51. The summed E-state index contributed by atoms with van der Waals surface area (Å²) in [5.74, 6) is 1.73. The molecule has 5 nitrogen and oxygen atoms in total. The van der Waals surface area contributed by atoms with Crippen LogP contribution in [0.5, 0.6) is 11.5 Å². The quantitative estimate of drug-likeness (QED) is 0.411. The van der Waals surface area contributed by atoms with E-state index < -0.39 is 0 Å². The van der Waals surface area contributed by atoms with Crippen molar-refractivity contribution < 1.29 is 14.2 Å². The fraction of sp³-hybridized carbons (Fsp3) is 0.318. The lowest BCUT2D eigenvalue weighted by atomic mass is 10.1. The second-order valence-electron chi connectivity index (χ2n) is 6.34. The smallest absolute Gasteiger partial charge is 0.118 e. The first-order chi connectivity index (χ1) is 13.3. The van der Waals surface area contributed by atoms with E-state index >= 15 is 0 Å². The molecule has 3 rings (SSSR count). The van der Waals surface area contributed by atoms with E-state index in [1.807, 2.05) is 41.4 Å². The summed E-state index contributed by atoms with van der Waals surface area (Å²) < 4.78 is 18.7. The van der Waals surface area contributed by atoms with Crippen molar-refractivity contribution in [1.29, 1.82) is 0 Å². The molecule has 2 aromatic carbocycles. The second-order valence-corrected chi connectivity index (χ2v) is 6.34. The minimum Gasteiger partial charge on any atom is -0.497 e. The third-order valence-electron chi connectivity index (χ3n) is 4.51. The van der Waals surface area contributed by atoms with E-state index in [-0.39, 0.29) is 30.9 Å². The molecular weight excluding hydrogens is 411 g/mol. The summed E-state index contributed by atoms with van der Waals surface area (Å²) in [5.41, 5.74) is 2.42. The Bertz CT molecular complexity index is 794. The maximum Gasteiger partial charge on any atom is 0.118 e. The number of rotatable bonds is 10. The Balaban J connectivity index is 0.00000210. The first kappa shape index (κ1) is 24.8. The average molecular weight is 439 g/mol. The fourth-order valence-corrected chi connectivity index (χ4v) is 2.95. The SMILES string of the molecule is COc1ccc(CCCOC(Cn2ccnc2)c2ccc(OC)cc2)cc1.Cl.Cl. The highest BCUT2D eigenvalue weighted by Crippen LogP contribution is 2.23. The molecule has 0 aliphatic heterocycles. The van der Waals surface area contributed by atoms with Crippen LogP contribution in [0.1, 0.15) is 23.7 Å². The Labute approximate surface area is 184 Å². The zero-order valence-electron chi connectivity index (χ0n) is 16.7. The number of hydrogen-bond donors (Lipinski definition) is 0. The molecule has 1 unspecified atom stereocenters. The van der Waals surface area contributed by atoms with Gasteiger partial charge < -0.3 is 18.8 Å². The van der Waals surface area contributed by atoms with Crippen LogP contribution in [0.3, 0.4) is 0 Å². The molecule has 1 heterocycles. The van der Waals surface area contributed by atoms with Gasteiger partial charge in [0.2, 0.25) is 0 Å². The van der Waals surface area contributed by atoms with Crippen molar-refractivity contribution >= 4 is 24.8 Å². The molecule has 7 heteroatoms. The molecule has 0 amide bonds. The van der Waals surface area contributed by atoms with Gasteiger partial charge in [0.1, 0.15) is 17.6 Å². The number of imidazole rings is 1. The van der Waals surface area contributed by atoms with Crippen LogP contribution < -0.4 is 9.47 Å². The predicted octanol–water partition coefficient (Wildman–Crippen LogP) is 5.13. The van der Waals surface area contributed by atoms with Crippen LogP contribution in [0.25, 0.3) is 0 Å². The largest absolute Gasteiger partial charge is 0.497 e. The van der Waals surface area contributed by atoms with E-state index in [4.69, 9.17) is 14.2 Å². The molecule has 1 aromatic heterocycles. The standard InChI is InChI=1S/C22H26N2O3.2ClH/c1-25-20-9-5-18(6-10-20)4-3-15-27-22(16-24-14-13-23-17-24)19-7-11-21(26-2)12-8-19;;/h5-14,17,22H,3-4,15-16H2,1-2H3;2*1H. The van der Waals surface area contributed by atoms with Gasteiger partial charge in [0, 0.05) is 19.0 Å². The Morgan fingerprint density at radius 1 is 0.897 bits per heavy atom. The number of halogens is 2.